The van der Waals surface area contributed by atoms with Gasteiger partial charge in [-0.3, -0.25) is 4.68 Å². The van der Waals surface area contributed by atoms with Gasteiger partial charge >= 0.3 is 0 Å². The number of halogens is 2. The molecule has 17 heavy (non-hydrogen) atoms. The minimum Gasteiger partial charge on any atom is -0.309 e. The molecule has 0 aliphatic rings. The Labute approximate surface area is 113 Å². The lowest BCUT2D eigenvalue weighted by molar-refractivity contribution is 0.490. The van der Waals surface area contributed by atoms with Gasteiger partial charge in [-0.1, -0.05) is 11.6 Å². The highest BCUT2D eigenvalue weighted by molar-refractivity contribution is 6.31. The van der Waals surface area contributed by atoms with Crippen molar-refractivity contribution in [2.75, 3.05) is 0 Å². The third-order valence-electron chi connectivity index (χ3n) is 2.75. The lowest BCUT2D eigenvalue weighted by Gasteiger charge is -2.15. The molecule has 98 valence electrons. The van der Waals surface area contributed by atoms with E-state index in [9.17, 15) is 0 Å². The topological polar surface area (TPSA) is 29.9 Å². The Kier molecular flexibility index (Phi) is 5.77. The number of aromatic nitrogens is 2. The molecule has 0 fully saturated rings. The first kappa shape index (κ1) is 14.8. The molecule has 5 heteroatoms. The molecule has 2 unspecified atom stereocenters. The largest absolute Gasteiger partial charge is 0.309 e. The molecule has 0 radical (unpaired) electrons. The maximum atomic E-state index is 6.23. The van der Waals surface area contributed by atoms with Gasteiger partial charge in [-0.2, -0.15) is 5.10 Å². The van der Waals surface area contributed by atoms with E-state index < -0.39 is 0 Å². The Morgan fingerprint density at radius 2 is 2.06 bits per heavy atom. The van der Waals surface area contributed by atoms with Gasteiger partial charge in [-0.15, -0.1) is 11.6 Å². The van der Waals surface area contributed by atoms with Gasteiger partial charge in [-0.25, -0.2) is 0 Å². The van der Waals surface area contributed by atoms with Gasteiger partial charge in [0.1, 0.15) is 0 Å². The van der Waals surface area contributed by atoms with Crippen LogP contribution in [0.25, 0.3) is 0 Å². The summed E-state index contributed by atoms with van der Waals surface area (Å²) in [6.45, 7) is 9.71. The fraction of sp³-hybridized carbons (Fsp3) is 0.750. The second-order valence-electron chi connectivity index (χ2n) is 4.46. The van der Waals surface area contributed by atoms with Crippen molar-refractivity contribution in [3.63, 3.8) is 0 Å². The van der Waals surface area contributed by atoms with E-state index in [-0.39, 0.29) is 5.38 Å². The number of aryl methyl sites for hydroxylation is 2. The lowest BCUT2D eigenvalue weighted by atomic mass is 10.2. The molecule has 0 aliphatic heterocycles. The molecule has 1 rings (SSSR count). The van der Waals surface area contributed by atoms with Crippen LogP contribution >= 0.6 is 23.2 Å². The van der Waals surface area contributed by atoms with Crippen molar-refractivity contribution in [1.29, 1.82) is 0 Å². The molecule has 2 atom stereocenters. The average Bonchev–Trinajstić information content (AvgIpc) is 2.51. The van der Waals surface area contributed by atoms with Crippen LogP contribution < -0.4 is 5.32 Å². The van der Waals surface area contributed by atoms with Gasteiger partial charge < -0.3 is 5.32 Å². The van der Waals surface area contributed by atoms with Crippen molar-refractivity contribution in [3.05, 3.63) is 16.4 Å². The molecule has 0 aliphatic carbocycles. The zero-order valence-electron chi connectivity index (χ0n) is 10.9. The third-order valence-corrected chi connectivity index (χ3v) is 3.42. The molecule has 0 saturated heterocycles. The third kappa shape index (κ3) is 4.16. The molecule has 1 N–H and O–H groups in total. The molecular weight excluding hydrogens is 257 g/mol. The monoisotopic (exact) mass is 277 g/mol. The smallest absolute Gasteiger partial charge is 0.0860 e. The standard InChI is InChI=1S/C12H21Cl2N3/c1-5-17-11(12(14)10(4)16-17)7-15-9(3)6-8(2)13/h8-9,15H,5-7H2,1-4H3. The van der Waals surface area contributed by atoms with Crippen molar-refractivity contribution in [3.8, 4) is 0 Å². The Hall–Kier alpha value is -0.250. The quantitative estimate of drug-likeness (QED) is 0.809. The number of hydrogen-bond donors (Lipinski definition) is 1. The predicted molar refractivity (Wildman–Crippen MR) is 73.9 cm³/mol. The number of nitrogens with zero attached hydrogens (tertiary/aromatic N) is 2. The van der Waals surface area contributed by atoms with Gasteiger partial charge in [0.15, 0.2) is 0 Å². The van der Waals surface area contributed by atoms with Crippen molar-refractivity contribution < 1.29 is 0 Å². The van der Waals surface area contributed by atoms with Crippen molar-refractivity contribution in [1.82, 2.24) is 15.1 Å². The first-order valence-electron chi connectivity index (χ1n) is 6.04. The Bertz CT molecular complexity index is 361. The summed E-state index contributed by atoms with van der Waals surface area (Å²) in [5.74, 6) is 0. The number of hydrogen-bond acceptors (Lipinski definition) is 2. The Morgan fingerprint density at radius 3 is 2.59 bits per heavy atom. The summed E-state index contributed by atoms with van der Waals surface area (Å²) in [7, 11) is 0. The molecule has 3 nitrogen and oxygen atoms in total. The minimum atomic E-state index is 0.186. The molecule has 0 saturated carbocycles. The first-order chi connectivity index (χ1) is 7.95. The number of rotatable bonds is 6. The van der Waals surface area contributed by atoms with E-state index in [2.05, 4.69) is 24.3 Å². The van der Waals surface area contributed by atoms with Crippen LogP contribution in [0.15, 0.2) is 0 Å². The highest BCUT2D eigenvalue weighted by atomic mass is 35.5. The zero-order chi connectivity index (χ0) is 13.0. The van der Waals surface area contributed by atoms with Crippen molar-refractivity contribution in [2.45, 2.75) is 58.6 Å². The van der Waals surface area contributed by atoms with Crippen LogP contribution in [0, 0.1) is 6.92 Å². The van der Waals surface area contributed by atoms with Crippen LogP contribution in [0.4, 0.5) is 0 Å². The summed E-state index contributed by atoms with van der Waals surface area (Å²) in [6.07, 6.45) is 0.943. The SMILES string of the molecule is CCn1nc(C)c(Cl)c1CNC(C)CC(C)Cl. The average molecular weight is 278 g/mol. The summed E-state index contributed by atoms with van der Waals surface area (Å²) in [5.41, 5.74) is 1.95. The van der Waals surface area contributed by atoms with E-state index in [4.69, 9.17) is 23.2 Å². The summed E-state index contributed by atoms with van der Waals surface area (Å²) >= 11 is 12.2. The Morgan fingerprint density at radius 1 is 1.41 bits per heavy atom. The normalized spacial score (nSPS) is 14.9. The fourth-order valence-electron chi connectivity index (χ4n) is 1.88. The van der Waals surface area contributed by atoms with E-state index in [1.165, 1.54) is 0 Å². The van der Waals surface area contributed by atoms with Gasteiger partial charge in [0.25, 0.3) is 0 Å². The summed E-state index contributed by atoms with van der Waals surface area (Å²) < 4.78 is 1.95. The van der Waals surface area contributed by atoms with Crippen LogP contribution in [-0.2, 0) is 13.1 Å². The fourth-order valence-corrected chi connectivity index (χ4v) is 2.35. The second-order valence-corrected chi connectivity index (χ2v) is 5.58. The van der Waals surface area contributed by atoms with Gasteiger partial charge in [-0.05, 0) is 34.1 Å². The molecule has 1 heterocycles. The highest BCUT2D eigenvalue weighted by Gasteiger charge is 2.13. The van der Waals surface area contributed by atoms with E-state index >= 15 is 0 Å². The highest BCUT2D eigenvalue weighted by Crippen LogP contribution is 2.20. The minimum absolute atomic E-state index is 0.186. The van der Waals surface area contributed by atoms with Gasteiger partial charge in [0.2, 0.25) is 0 Å². The predicted octanol–water partition coefficient (Wildman–Crippen LogP) is 3.36. The van der Waals surface area contributed by atoms with E-state index in [1.54, 1.807) is 0 Å². The maximum absolute atomic E-state index is 6.23. The lowest BCUT2D eigenvalue weighted by Crippen LogP contribution is -2.28. The van der Waals surface area contributed by atoms with Crippen molar-refractivity contribution >= 4 is 23.2 Å². The Balaban J connectivity index is 2.62. The number of alkyl halides is 1. The molecule has 1 aromatic rings. The van der Waals surface area contributed by atoms with Crippen LogP contribution in [0.2, 0.25) is 5.02 Å². The summed E-state index contributed by atoms with van der Waals surface area (Å²) in [6, 6.07) is 0.374. The molecule has 0 amide bonds. The van der Waals surface area contributed by atoms with Crippen LogP contribution in [0.3, 0.4) is 0 Å². The molecule has 0 bridgehead atoms. The number of nitrogens with one attached hydrogen (secondary N) is 1. The van der Waals surface area contributed by atoms with Gasteiger partial charge in [0, 0.05) is 24.5 Å². The maximum Gasteiger partial charge on any atom is 0.0860 e. The zero-order valence-corrected chi connectivity index (χ0v) is 12.4. The first-order valence-corrected chi connectivity index (χ1v) is 6.86. The molecular formula is C12H21Cl2N3. The van der Waals surface area contributed by atoms with E-state index in [0.717, 1.165) is 35.9 Å². The van der Waals surface area contributed by atoms with Gasteiger partial charge in [0.05, 0.1) is 16.4 Å². The molecule has 0 aromatic carbocycles. The van der Waals surface area contributed by atoms with E-state index in [0.29, 0.717) is 6.04 Å². The van der Waals surface area contributed by atoms with Crippen LogP contribution in [-0.4, -0.2) is 21.2 Å². The van der Waals surface area contributed by atoms with Crippen LogP contribution in [0.5, 0.6) is 0 Å². The second kappa shape index (κ2) is 6.62. The van der Waals surface area contributed by atoms with E-state index in [1.807, 2.05) is 18.5 Å². The molecule has 1 aromatic heterocycles. The van der Waals surface area contributed by atoms with Crippen LogP contribution in [0.1, 0.15) is 38.6 Å². The molecule has 0 spiro atoms. The summed E-state index contributed by atoms with van der Waals surface area (Å²) in [4.78, 5) is 0. The van der Waals surface area contributed by atoms with Crippen molar-refractivity contribution in [2.24, 2.45) is 0 Å². The summed E-state index contributed by atoms with van der Waals surface area (Å²) in [5, 5.41) is 8.77.